The van der Waals surface area contributed by atoms with Gasteiger partial charge in [-0.2, -0.15) is 0 Å². The minimum Gasteiger partial charge on any atom is -0.251 e. The van der Waals surface area contributed by atoms with Gasteiger partial charge in [-0.15, -0.1) is 0 Å². The Morgan fingerprint density at radius 2 is 1.80 bits per heavy atom. The van der Waals surface area contributed by atoms with Crippen LogP contribution in [0.5, 0.6) is 0 Å². The molecule has 0 aliphatic rings. The fourth-order valence-corrected chi connectivity index (χ4v) is 1.79. The predicted octanol–water partition coefficient (Wildman–Crippen LogP) is 4.83. The van der Waals surface area contributed by atoms with Crippen molar-refractivity contribution >= 4 is 11.6 Å². The summed E-state index contributed by atoms with van der Waals surface area (Å²) in [4.78, 5) is 0. The molecule has 0 saturated carbocycles. The van der Waals surface area contributed by atoms with E-state index in [1.165, 1.54) is 5.56 Å². The van der Waals surface area contributed by atoms with Crippen LogP contribution < -0.4 is 0 Å². The summed E-state index contributed by atoms with van der Waals surface area (Å²) in [5.74, 6) is 0.338. The zero-order valence-electron chi connectivity index (χ0n) is 9.56. The van der Waals surface area contributed by atoms with E-state index in [9.17, 15) is 4.39 Å². The van der Waals surface area contributed by atoms with E-state index in [4.69, 9.17) is 11.6 Å². The van der Waals surface area contributed by atoms with Gasteiger partial charge in [0.1, 0.15) is 0 Å². The molecule has 2 heteroatoms. The molecule has 0 aliphatic carbocycles. The van der Waals surface area contributed by atoms with Crippen molar-refractivity contribution in [1.29, 1.82) is 0 Å². The van der Waals surface area contributed by atoms with Crippen LogP contribution >= 0.6 is 11.6 Å². The second-order valence-electron chi connectivity index (χ2n) is 4.70. The van der Waals surface area contributed by atoms with E-state index in [1.807, 2.05) is 24.3 Å². The van der Waals surface area contributed by atoms with E-state index in [1.54, 1.807) is 0 Å². The lowest BCUT2D eigenvalue weighted by Crippen LogP contribution is -2.20. The van der Waals surface area contributed by atoms with E-state index < -0.39 is 0 Å². The summed E-state index contributed by atoms with van der Waals surface area (Å²) >= 11 is 5.83. The van der Waals surface area contributed by atoms with Crippen molar-refractivity contribution in [2.24, 2.45) is 5.41 Å². The summed E-state index contributed by atoms with van der Waals surface area (Å²) in [5, 5.41) is 0.745. The Labute approximate surface area is 96.5 Å². The highest BCUT2D eigenvalue weighted by Gasteiger charge is 2.26. The SMILES string of the molecule is CC(c1ccc(Cl)cc1)C(C)(C)CCF. The van der Waals surface area contributed by atoms with E-state index in [0.717, 1.165) is 5.02 Å². The zero-order chi connectivity index (χ0) is 11.5. The first-order valence-electron chi connectivity index (χ1n) is 5.29. The molecule has 0 saturated heterocycles. The molecule has 1 rings (SSSR count). The van der Waals surface area contributed by atoms with Crippen LogP contribution in [0.15, 0.2) is 24.3 Å². The molecule has 0 nitrogen and oxygen atoms in total. The second kappa shape index (κ2) is 4.98. The van der Waals surface area contributed by atoms with Crippen molar-refractivity contribution in [2.45, 2.75) is 33.1 Å². The standard InChI is InChI=1S/C13H18ClF/c1-10(13(2,3)8-9-15)11-4-6-12(14)7-5-11/h4-7,10H,8-9H2,1-3H3. The first-order valence-corrected chi connectivity index (χ1v) is 5.66. The number of rotatable bonds is 4. The molecule has 0 amide bonds. The van der Waals surface area contributed by atoms with E-state index in [-0.39, 0.29) is 12.1 Å². The topological polar surface area (TPSA) is 0 Å². The average molecular weight is 229 g/mol. The van der Waals surface area contributed by atoms with Crippen molar-refractivity contribution in [3.63, 3.8) is 0 Å². The van der Waals surface area contributed by atoms with Crippen LogP contribution in [0.1, 0.15) is 38.7 Å². The van der Waals surface area contributed by atoms with Crippen molar-refractivity contribution < 1.29 is 4.39 Å². The van der Waals surface area contributed by atoms with Crippen LogP contribution in [0.4, 0.5) is 4.39 Å². The average Bonchev–Trinajstić information content (AvgIpc) is 2.18. The first-order chi connectivity index (χ1) is 6.97. The first kappa shape index (κ1) is 12.5. The highest BCUT2D eigenvalue weighted by atomic mass is 35.5. The number of halogens is 2. The molecule has 0 fully saturated rings. The monoisotopic (exact) mass is 228 g/mol. The Kier molecular flexibility index (Phi) is 4.15. The summed E-state index contributed by atoms with van der Waals surface area (Å²) in [6.45, 7) is 6.08. The summed E-state index contributed by atoms with van der Waals surface area (Å²) < 4.78 is 12.4. The number of alkyl halides is 1. The molecule has 0 radical (unpaired) electrons. The molecule has 0 bridgehead atoms. The molecule has 0 heterocycles. The Balaban J connectivity index is 2.84. The fraction of sp³-hybridized carbons (Fsp3) is 0.538. The van der Waals surface area contributed by atoms with Gasteiger partial charge in [0.2, 0.25) is 0 Å². The third kappa shape index (κ3) is 3.20. The van der Waals surface area contributed by atoms with Gasteiger partial charge in [-0.1, -0.05) is 44.5 Å². The summed E-state index contributed by atoms with van der Waals surface area (Å²) in [5.41, 5.74) is 1.21. The molecule has 15 heavy (non-hydrogen) atoms. The fourth-order valence-electron chi connectivity index (χ4n) is 1.66. The van der Waals surface area contributed by atoms with Gasteiger partial charge in [0.25, 0.3) is 0 Å². The Morgan fingerprint density at radius 3 is 2.27 bits per heavy atom. The highest BCUT2D eigenvalue weighted by Crippen LogP contribution is 2.38. The number of hydrogen-bond acceptors (Lipinski definition) is 0. The molecular formula is C13H18ClF. The summed E-state index contributed by atoms with van der Waals surface area (Å²) in [6, 6.07) is 7.82. The Morgan fingerprint density at radius 1 is 1.27 bits per heavy atom. The van der Waals surface area contributed by atoms with E-state index in [0.29, 0.717) is 12.3 Å². The molecular weight excluding hydrogens is 211 g/mol. The predicted molar refractivity (Wildman–Crippen MR) is 64.2 cm³/mol. The minimum atomic E-state index is -0.259. The van der Waals surface area contributed by atoms with Crippen molar-refractivity contribution in [2.75, 3.05) is 6.67 Å². The smallest absolute Gasteiger partial charge is 0.0899 e. The van der Waals surface area contributed by atoms with Crippen LogP contribution in [0.3, 0.4) is 0 Å². The van der Waals surface area contributed by atoms with Crippen molar-refractivity contribution in [1.82, 2.24) is 0 Å². The molecule has 0 aromatic heterocycles. The second-order valence-corrected chi connectivity index (χ2v) is 5.14. The molecule has 0 N–H and O–H groups in total. The normalized spacial score (nSPS) is 13.9. The third-order valence-electron chi connectivity index (χ3n) is 3.28. The number of hydrogen-bond donors (Lipinski definition) is 0. The van der Waals surface area contributed by atoms with Gasteiger partial charge >= 0.3 is 0 Å². The molecule has 84 valence electrons. The summed E-state index contributed by atoms with van der Waals surface area (Å²) in [7, 11) is 0. The molecule has 1 unspecified atom stereocenters. The Hall–Kier alpha value is -0.560. The van der Waals surface area contributed by atoms with Crippen LogP contribution in [-0.2, 0) is 0 Å². The van der Waals surface area contributed by atoms with E-state index in [2.05, 4.69) is 20.8 Å². The van der Waals surface area contributed by atoms with Crippen molar-refractivity contribution in [3.8, 4) is 0 Å². The number of benzene rings is 1. The van der Waals surface area contributed by atoms with Crippen LogP contribution in [0.2, 0.25) is 5.02 Å². The van der Waals surface area contributed by atoms with Gasteiger partial charge in [0.05, 0.1) is 6.67 Å². The van der Waals surface area contributed by atoms with Gasteiger partial charge in [-0.05, 0) is 35.4 Å². The molecule has 0 aliphatic heterocycles. The zero-order valence-corrected chi connectivity index (χ0v) is 10.3. The molecule has 1 aromatic carbocycles. The van der Waals surface area contributed by atoms with Crippen LogP contribution in [0.25, 0.3) is 0 Å². The maximum atomic E-state index is 12.4. The molecule has 1 aromatic rings. The van der Waals surface area contributed by atoms with Gasteiger partial charge in [-0.25, -0.2) is 0 Å². The lowest BCUT2D eigenvalue weighted by Gasteiger charge is -2.31. The lowest BCUT2D eigenvalue weighted by molar-refractivity contribution is 0.244. The summed E-state index contributed by atoms with van der Waals surface area (Å²) in [6.07, 6.45) is 0.594. The Bertz CT molecular complexity index is 303. The van der Waals surface area contributed by atoms with Crippen molar-refractivity contribution in [3.05, 3.63) is 34.9 Å². The highest BCUT2D eigenvalue weighted by molar-refractivity contribution is 6.30. The van der Waals surface area contributed by atoms with Gasteiger partial charge < -0.3 is 0 Å². The van der Waals surface area contributed by atoms with Crippen LogP contribution in [0, 0.1) is 5.41 Å². The third-order valence-corrected chi connectivity index (χ3v) is 3.53. The van der Waals surface area contributed by atoms with E-state index >= 15 is 0 Å². The van der Waals surface area contributed by atoms with Gasteiger partial charge in [0.15, 0.2) is 0 Å². The minimum absolute atomic E-state index is 0.0113. The largest absolute Gasteiger partial charge is 0.251 e. The molecule has 0 spiro atoms. The lowest BCUT2D eigenvalue weighted by atomic mass is 9.74. The maximum Gasteiger partial charge on any atom is 0.0899 e. The maximum absolute atomic E-state index is 12.4. The quantitative estimate of drug-likeness (QED) is 0.693. The molecule has 1 atom stereocenters. The van der Waals surface area contributed by atoms with Gasteiger partial charge in [0, 0.05) is 5.02 Å². The van der Waals surface area contributed by atoms with Crippen LogP contribution in [-0.4, -0.2) is 6.67 Å². The van der Waals surface area contributed by atoms with Gasteiger partial charge in [-0.3, -0.25) is 4.39 Å².